The lowest BCUT2D eigenvalue weighted by molar-refractivity contribution is -0.117. The Kier molecular flexibility index (Phi) is 6.35. The Morgan fingerprint density at radius 3 is 2.69 bits per heavy atom. The molecule has 6 heteroatoms. The molecule has 26 heavy (non-hydrogen) atoms. The quantitative estimate of drug-likeness (QED) is 0.821. The van der Waals surface area contributed by atoms with Gasteiger partial charge in [0.2, 0.25) is 15.9 Å². The molecule has 1 aliphatic carbocycles. The second-order valence-electron chi connectivity index (χ2n) is 7.64. The zero-order valence-electron chi connectivity index (χ0n) is 15.7. The van der Waals surface area contributed by atoms with Crippen LogP contribution in [0, 0.1) is 5.92 Å². The second kappa shape index (κ2) is 8.53. The van der Waals surface area contributed by atoms with E-state index in [9.17, 15) is 13.2 Å². The van der Waals surface area contributed by atoms with Crippen molar-refractivity contribution >= 4 is 21.6 Å². The molecule has 1 N–H and O–H groups in total. The van der Waals surface area contributed by atoms with Gasteiger partial charge in [0.05, 0.1) is 5.75 Å². The van der Waals surface area contributed by atoms with E-state index in [0.29, 0.717) is 31.8 Å². The third kappa shape index (κ3) is 4.86. The lowest BCUT2D eigenvalue weighted by Gasteiger charge is -2.28. The fourth-order valence-electron chi connectivity index (χ4n) is 4.10. The van der Waals surface area contributed by atoms with E-state index < -0.39 is 10.0 Å². The summed E-state index contributed by atoms with van der Waals surface area (Å²) in [4.78, 5) is 12.3. The molecule has 0 saturated heterocycles. The Morgan fingerprint density at radius 1 is 1.19 bits per heavy atom. The number of carbonyl (C=O) groups is 1. The first-order chi connectivity index (χ1) is 12.5. The number of sulfonamides is 1. The third-order valence-electron chi connectivity index (χ3n) is 5.52. The molecule has 5 nitrogen and oxygen atoms in total. The molecule has 3 rings (SSSR count). The van der Waals surface area contributed by atoms with Gasteiger partial charge in [-0.15, -0.1) is 0 Å². The highest BCUT2D eigenvalue weighted by molar-refractivity contribution is 7.89. The summed E-state index contributed by atoms with van der Waals surface area (Å²) < 4.78 is 26.2. The normalized spacial score (nSPS) is 19.1. The largest absolute Gasteiger partial charge is 0.326 e. The highest BCUT2D eigenvalue weighted by Gasteiger charge is 2.26. The Balaban J connectivity index is 1.64. The van der Waals surface area contributed by atoms with Crippen LogP contribution in [0.15, 0.2) is 18.2 Å². The fraction of sp³-hybridized carbons (Fsp3) is 0.650. The van der Waals surface area contributed by atoms with E-state index >= 15 is 0 Å². The van der Waals surface area contributed by atoms with Crippen LogP contribution in [0.1, 0.15) is 63.0 Å². The number of nitrogens with one attached hydrogen (secondary N) is 1. The van der Waals surface area contributed by atoms with Gasteiger partial charge in [0.1, 0.15) is 0 Å². The van der Waals surface area contributed by atoms with Gasteiger partial charge in [-0.1, -0.05) is 32.3 Å². The lowest BCUT2D eigenvalue weighted by atomic mass is 9.87. The number of rotatable bonds is 6. The van der Waals surface area contributed by atoms with Crippen LogP contribution in [0.5, 0.6) is 0 Å². The second-order valence-corrected chi connectivity index (χ2v) is 9.73. The van der Waals surface area contributed by atoms with Gasteiger partial charge in [-0.3, -0.25) is 4.79 Å². The molecule has 144 valence electrons. The number of carbonyl (C=O) groups excluding carboxylic acids is 1. The van der Waals surface area contributed by atoms with Gasteiger partial charge in [-0.05, 0) is 54.9 Å². The lowest BCUT2D eigenvalue weighted by Crippen LogP contribution is -2.37. The van der Waals surface area contributed by atoms with Crippen molar-refractivity contribution in [2.24, 2.45) is 5.92 Å². The molecule has 0 radical (unpaired) electrons. The monoisotopic (exact) mass is 378 g/mol. The first-order valence-corrected chi connectivity index (χ1v) is 11.5. The Hall–Kier alpha value is -1.40. The van der Waals surface area contributed by atoms with Crippen molar-refractivity contribution in [3.63, 3.8) is 0 Å². The first-order valence-electron chi connectivity index (χ1n) is 9.87. The number of amides is 1. The predicted octanol–water partition coefficient (Wildman–Crippen LogP) is 3.69. The van der Waals surface area contributed by atoms with Crippen molar-refractivity contribution in [2.45, 2.75) is 64.8 Å². The molecule has 0 aromatic heterocycles. The minimum absolute atomic E-state index is 0.0723. The summed E-state index contributed by atoms with van der Waals surface area (Å²) in [5.41, 5.74) is 2.96. The number of fused-ring (bicyclic) bond motifs is 1. The highest BCUT2D eigenvalue weighted by Crippen LogP contribution is 2.28. The standard InChI is InChI=1S/C20H30N2O3S/c1-2-12-26(24,25)22-11-10-17-8-9-19(14-18(17)15-22)21-20(23)13-16-6-4-3-5-7-16/h8-9,14,16H,2-7,10-13,15H2,1H3,(H,21,23). The van der Waals surface area contributed by atoms with E-state index in [2.05, 4.69) is 5.32 Å². The van der Waals surface area contributed by atoms with E-state index in [1.807, 2.05) is 25.1 Å². The van der Waals surface area contributed by atoms with Gasteiger partial charge in [0.25, 0.3) is 0 Å². The van der Waals surface area contributed by atoms with E-state index in [4.69, 9.17) is 0 Å². The number of benzene rings is 1. The summed E-state index contributed by atoms with van der Waals surface area (Å²) in [5.74, 6) is 0.777. The van der Waals surface area contributed by atoms with E-state index in [0.717, 1.165) is 30.5 Å². The summed E-state index contributed by atoms with van der Waals surface area (Å²) >= 11 is 0. The van der Waals surface area contributed by atoms with Gasteiger partial charge in [0.15, 0.2) is 0 Å². The van der Waals surface area contributed by atoms with Crippen LogP contribution in [0.2, 0.25) is 0 Å². The molecule has 0 atom stereocenters. The van der Waals surface area contributed by atoms with Crippen molar-refractivity contribution in [2.75, 3.05) is 17.6 Å². The first kappa shape index (κ1) is 19.4. The molecule has 2 aliphatic rings. The SMILES string of the molecule is CCCS(=O)(=O)N1CCc2ccc(NC(=O)CC3CCCCC3)cc2C1. The van der Waals surface area contributed by atoms with Gasteiger partial charge in [-0.25, -0.2) is 8.42 Å². The predicted molar refractivity (Wildman–Crippen MR) is 104 cm³/mol. The molecule has 1 fully saturated rings. The fourth-order valence-corrected chi connectivity index (χ4v) is 5.58. The third-order valence-corrected chi connectivity index (χ3v) is 7.54. The van der Waals surface area contributed by atoms with E-state index in [1.165, 1.54) is 24.8 Å². The number of nitrogens with zero attached hydrogens (tertiary/aromatic N) is 1. The van der Waals surface area contributed by atoms with Crippen LogP contribution in [0.25, 0.3) is 0 Å². The van der Waals surface area contributed by atoms with Crippen LogP contribution in [0.3, 0.4) is 0 Å². The summed E-state index contributed by atoms with van der Waals surface area (Å²) in [7, 11) is -3.19. The van der Waals surface area contributed by atoms with Gasteiger partial charge in [-0.2, -0.15) is 4.31 Å². The molecule has 1 amide bonds. The molecule has 1 aromatic rings. The van der Waals surface area contributed by atoms with Gasteiger partial charge >= 0.3 is 0 Å². The zero-order chi connectivity index (χ0) is 18.6. The molecular formula is C20H30N2O3S. The maximum atomic E-state index is 12.3. The molecule has 0 spiro atoms. The molecule has 0 bridgehead atoms. The van der Waals surface area contributed by atoms with Crippen LogP contribution >= 0.6 is 0 Å². The summed E-state index contributed by atoms with van der Waals surface area (Å²) in [5, 5.41) is 3.01. The molecule has 0 unspecified atom stereocenters. The number of hydrogen-bond acceptors (Lipinski definition) is 3. The van der Waals surface area contributed by atoms with Gasteiger partial charge < -0.3 is 5.32 Å². The maximum Gasteiger partial charge on any atom is 0.224 e. The smallest absolute Gasteiger partial charge is 0.224 e. The average molecular weight is 379 g/mol. The Bertz CT molecular complexity index is 739. The molecule has 1 heterocycles. The topological polar surface area (TPSA) is 66.5 Å². The van der Waals surface area contributed by atoms with Crippen molar-refractivity contribution in [1.29, 1.82) is 0 Å². The van der Waals surface area contributed by atoms with Crippen molar-refractivity contribution < 1.29 is 13.2 Å². The molecule has 1 saturated carbocycles. The van der Waals surface area contributed by atoms with Crippen LogP contribution in [-0.4, -0.2) is 30.9 Å². The zero-order valence-corrected chi connectivity index (χ0v) is 16.5. The van der Waals surface area contributed by atoms with Crippen molar-refractivity contribution in [3.8, 4) is 0 Å². The van der Waals surface area contributed by atoms with E-state index in [-0.39, 0.29) is 11.7 Å². The van der Waals surface area contributed by atoms with E-state index in [1.54, 1.807) is 4.31 Å². The van der Waals surface area contributed by atoms with Gasteiger partial charge in [0, 0.05) is 25.2 Å². The number of anilines is 1. The average Bonchev–Trinajstić information content (AvgIpc) is 2.62. The Labute approximate surface area is 157 Å². The number of hydrogen-bond donors (Lipinski definition) is 1. The van der Waals surface area contributed by atoms with Crippen LogP contribution < -0.4 is 5.32 Å². The molecular weight excluding hydrogens is 348 g/mol. The summed E-state index contributed by atoms with van der Waals surface area (Å²) in [6, 6.07) is 5.91. The summed E-state index contributed by atoms with van der Waals surface area (Å²) in [6.07, 6.45) is 8.02. The van der Waals surface area contributed by atoms with Crippen LogP contribution in [0.4, 0.5) is 5.69 Å². The maximum absolute atomic E-state index is 12.3. The van der Waals surface area contributed by atoms with Crippen molar-refractivity contribution in [1.82, 2.24) is 4.31 Å². The minimum atomic E-state index is -3.19. The minimum Gasteiger partial charge on any atom is -0.326 e. The van der Waals surface area contributed by atoms with Crippen molar-refractivity contribution in [3.05, 3.63) is 29.3 Å². The highest BCUT2D eigenvalue weighted by atomic mass is 32.2. The van der Waals surface area contributed by atoms with Crippen LogP contribution in [-0.2, 0) is 27.8 Å². The molecule has 1 aromatic carbocycles. The Morgan fingerprint density at radius 2 is 1.96 bits per heavy atom. The molecule has 1 aliphatic heterocycles. The summed E-state index contributed by atoms with van der Waals surface area (Å²) in [6.45, 7) is 2.84.